The maximum absolute atomic E-state index is 13.3. The lowest BCUT2D eigenvalue weighted by atomic mass is 10.2. The Labute approximate surface area is 185 Å². The van der Waals surface area contributed by atoms with Gasteiger partial charge in [0.05, 0.1) is 6.04 Å². The average Bonchev–Trinajstić information content (AvgIpc) is 3.20. The van der Waals surface area contributed by atoms with E-state index < -0.39 is 30.4 Å². The van der Waals surface area contributed by atoms with Gasteiger partial charge < -0.3 is 10.0 Å². The molecule has 1 atom stereocenters. The van der Waals surface area contributed by atoms with Crippen LogP contribution >= 0.6 is 0 Å². The summed E-state index contributed by atoms with van der Waals surface area (Å²) in [7, 11) is -6.86. The highest BCUT2D eigenvalue weighted by Crippen LogP contribution is 2.34. The van der Waals surface area contributed by atoms with Crippen LogP contribution in [0.2, 0.25) is 5.04 Å². The molecule has 1 amide bonds. The number of hydrogen-bond donors (Lipinski definition) is 2. The summed E-state index contributed by atoms with van der Waals surface area (Å²) < 4.78 is 29.8. The Hall–Kier alpha value is -2.42. The number of rotatable bonds is 6. The lowest BCUT2D eigenvalue weighted by molar-refractivity contribution is 0.147. The van der Waals surface area contributed by atoms with Gasteiger partial charge in [0.15, 0.2) is 0 Å². The molecule has 0 radical (unpaired) electrons. The molecular weight excluding hydrogens is 428 g/mol. The predicted octanol–water partition coefficient (Wildman–Crippen LogP) is 3.12. The largest absolute Gasteiger partial charge is 0.465 e. The quantitative estimate of drug-likeness (QED) is 0.651. The smallest absolute Gasteiger partial charge is 0.407 e. The van der Waals surface area contributed by atoms with Gasteiger partial charge in [0.2, 0.25) is 18.3 Å². The van der Waals surface area contributed by atoms with Crippen molar-refractivity contribution < 1.29 is 18.3 Å². The van der Waals surface area contributed by atoms with Gasteiger partial charge in [0.25, 0.3) is 0 Å². The molecule has 166 valence electrons. The summed E-state index contributed by atoms with van der Waals surface area (Å²) in [4.78, 5) is 12.7. The minimum Gasteiger partial charge on any atom is -0.465 e. The van der Waals surface area contributed by atoms with Crippen molar-refractivity contribution in [1.82, 2.24) is 9.29 Å². The topological polar surface area (TPSA) is 86.7 Å². The zero-order valence-corrected chi connectivity index (χ0v) is 20.0. The molecule has 1 aliphatic rings. The molecule has 3 rings (SSSR count). The monoisotopic (exact) mass is 458 g/mol. The molecule has 1 fully saturated rings. The molecule has 0 aliphatic carbocycles. The summed E-state index contributed by atoms with van der Waals surface area (Å²) in [5, 5.41) is 12.1. The van der Waals surface area contributed by atoms with Gasteiger partial charge in [0, 0.05) is 12.0 Å². The van der Waals surface area contributed by atoms with Crippen molar-refractivity contribution in [2.45, 2.75) is 44.7 Å². The first-order valence-corrected chi connectivity index (χ1v) is 13.9. The van der Waals surface area contributed by atoms with Crippen molar-refractivity contribution in [3.63, 3.8) is 0 Å². The van der Waals surface area contributed by atoms with E-state index in [0.717, 1.165) is 22.2 Å². The van der Waals surface area contributed by atoms with E-state index in [1.54, 1.807) is 0 Å². The molecule has 0 aromatic heterocycles. The maximum Gasteiger partial charge on any atom is 0.407 e. The first-order chi connectivity index (χ1) is 14.6. The van der Waals surface area contributed by atoms with Crippen LogP contribution in [0.3, 0.4) is 0 Å². The van der Waals surface area contributed by atoms with Crippen molar-refractivity contribution >= 4 is 34.7 Å². The minimum absolute atomic E-state index is 0.378. The van der Waals surface area contributed by atoms with Crippen molar-refractivity contribution in [2.75, 3.05) is 6.54 Å². The minimum atomic E-state index is -3.84. The van der Waals surface area contributed by atoms with Crippen molar-refractivity contribution in [3.05, 3.63) is 72.1 Å². The first-order valence-electron chi connectivity index (χ1n) is 10.4. The number of likely N-dealkylation sites (tertiary alicyclic amines) is 1. The van der Waals surface area contributed by atoms with Crippen LogP contribution in [0.25, 0.3) is 0 Å². The zero-order valence-electron chi connectivity index (χ0n) is 18.2. The molecule has 1 saturated heterocycles. The third-order valence-electron chi connectivity index (χ3n) is 5.86. The summed E-state index contributed by atoms with van der Waals surface area (Å²) in [6, 6.07) is 19.1. The number of nitrogens with one attached hydrogen (secondary N) is 1. The molecule has 0 unspecified atom stereocenters. The van der Waals surface area contributed by atoms with E-state index in [1.165, 1.54) is 11.0 Å². The summed E-state index contributed by atoms with van der Waals surface area (Å²) in [6.45, 7) is 6.62. The zero-order chi connectivity index (χ0) is 22.7. The Morgan fingerprint density at radius 2 is 1.58 bits per heavy atom. The van der Waals surface area contributed by atoms with Crippen LogP contribution in [0.4, 0.5) is 4.79 Å². The van der Waals surface area contributed by atoms with E-state index >= 15 is 0 Å². The van der Waals surface area contributed by atoms with Gasteiger partial charge in [-0.2, -0.15) is 0 Å². The average molecular weight is 459 g/mol. The van der Waals surface area contributed by atoms with Crippen LogP contribution in [0.15, 0.2) is 72.1 Å². The highest BCUT2D eigenvalue weighted by molar-refractivity contribution is 7.94. The van der Waals surface area contributed by atoms with Crippen LogP contribution < -0.4 is 14.8 Å². The van der Waals surface area contributed by atoms with Crippen LogP contribution in [-0.4, -0.2) is 45.3 Å². The molecule has 0 bridgehead atoms. The number of sulfonamides is 1. The number of carboxylic acid groups (broad SMARTS) is 1. The Bertz CT molecular complexity index is 995. The first kappa shape index (κ1) is 23.2. The van der Waals surface area contributed by atoms with Gasteiger partial charge in [-0.05, 0) is 34.3 Å². The van der Waals surface area contributed by atoms with Crippen molar-refractivity contribution in [1.29, 1.82) is 0 Å². The Kier molecular flexibility index (Phi) is 6.73. The van der Waals surface area contributed by atoms with Gasteiger partial charge in [-0.15, -0.1) is 0 Å². The normalized spacial score (nSPS) is 17.9. The van der Waals surface area contributed by atoms with Crippen molar-refractivity contribution in [3.8, 4) is 0 Å². The van der Waals surface area contributed by atoms with Gasteiger partial charge in [-0.3, -0.25) is 0 Å². The Balaban J connectivity index is 2.06. The molecule has 2 aromatic rings. The highest BCUT2D eigenvalue weighted by Gasteiger charge is 2.50. The SMILES string of the molecule is CC(C)(C)[Si](NS(=O)(=O)/C=C/[C@H]1CCCN1C(=O)O)(c1ccccc1)c1ccccc1. The molecule has 2 aromatic carbocycles. The lowest BCUT2D eigenvalue weighted by Crippen LogP contribution is -2.74. The summed E-state index contributed by atoms with van der Waals surface area (Å²) in [5.41, 5.74) is 0. The van der Waals surface area contributed by atoms with E-state index in [0.29, 0.717) is 13.0 Å². The molecule has 1 aliphatic heterocycles. The number of benzene rings is 2. The maximum atomic E-state index is 13.3. The second-order valence-electron chi connectivity index (χ2n) is 8.89. The fourth-order valence-corrected chi connectivity index (χ4v) is 12.3. The van der Waals surface area contributed by atoms with Crippen LogP contribution in [0.1, 0.15) is 33.6 Å². The van der Waals surface area contributed by atoms with Gasteiger partial charge >= 0.3 is 6.09 Å². The van der Waals surface area contributed by atoms with Gasteiger partial charge in [-0.25, -0.2) is 17.6 Å². The molecule has 8 heteroatoms. The highest BCUT2D eigenvalue weighted by atomic mass is 32.2. The Morgan fingerprint density at radius 1 is 1.06 bits per heavy atom. The number of amides is 1. The van der Waals surface area contributed by atoms with Crippen LogP contribution in [0, 0.1) is 0 Å². The van der Waals surface area contributed by atoms with E-state index in [4.69, 9.17) is 0 Å². The lowest BCUT2D eigenvalue weighted by Gasteiger charge is -2.43. The van der Waals surface area contributed by atoms with E-state index in [2.05, 4.69) is 25.2 Å². The second-order valence-corrected chi connectivity index (χ2v) is 15.2. The number of carbonyl (C=O) groups is 1. The molecule has 0 saturated carbocycles. The van der Waals surface area contributed by atoms with E-state index in [1.807, 2.05) is 60.7 Å². The predicted molar refractivity (Wildman–Crippen MR) is 127 cm³/mol. The van der Waals surface area contributed by atoms with E-state index in [9.17, 15) is 18.3 Å². The molecule has 0 spiro atoms. The molecular formula is C23H30N2O4SSi. The summed E-state index contributed by atoms with van der Waals surface area (Å²) in [6.07, 6.45) is 1.83. The van der Waals surface area contributed by atoms with Crippen molar-refractivity contribution in [2.24, 2.45) is 0 Å². The van der Waals surface area contributed by atoms with E-state index in [-0.39, 0.29) is 5.04 Å². The number of hydrogen-bond acceptors (Lipinski definition) is 3. The summed E-state index contributed by atoms with van der Waals surface area (Å²) in [5.74, 6) is 0. The third-order valence-corrected chi connectivity index (χ3v) is 13.4. The summed E-state index contributed by atoms with van der Waals surface area (Å²) >= 11 is 0. The molecule has 2 N–H and O–H groups in total. The molecule has 1 heterocycles. The van der Waals surface area contributed by atoms with Crippen LogP contribution in [-0.2, 0) is 10.0 Å². The van der Waals surface area contributed by atoms with Crippen LogP contribution in [0.5, 0.6) is 0 Å². The molecule has 31 heavy (non-hydrogen) atoms. The fraction of sp³-hybridized carbons (Fsp3) is 0.348. The molecule has 6 nitrogen and oxygen atoms in total. The van der Waals surface area contributed by atoms with Gasteiger partial charge in [-0.1, -0.05) is 81.4 Å². The fourth-order valence-electron chi connectivity index (χ4n) is 4.35. The Morgan fingerprint density at radius 3 is 2.03 bits per heavy atom. The standard InChI is InChI=1S/C23H30N2O4SSi/c1-23(2,3)31(20-12-6-4-7-13-20,21-14-8-5-9-15-21)24-30(28,29)18-16-19-11-10-17-25(19)22(26)27/h4-9,12-16,18-19,24H,10-11,17H2,1-3H3,(H,26,27)/b18-16+/t19-/m1/s1. The van der Waals surface area contributed by atoms with Gasteiger partial charge in [0.1, 0.15) is 0 Å². The second kappa shape index (κ2) is 8.98. The third kappa shape index (κ3) is 4.92. The number of nitrogens with zero attached hydrogens (tertiary/aromatic N) is 1.